The van der Waals surface area contributed by atoms with Crippen molar-refractivity contribution in [3.8, 4) is 0 Å². The van der Waals surface area contributed by atoms with Crippen LogP contribution in [0.4, 0.5) is 0 Å². The molecule has 0 aromatic heterocycles. The van der Waals surface area contributed by atoms with E-state index >= 15 is 0 Å². The Bertz CT molecular complexity index is 276. The van der Waals surface area contributed by atoms with Gasteiger partial charge in [0.2, 0.25) is 9.05 Å². The first-order valence-electron chi connectivity index (χ1n) is 4.59. The van der Waals surface area contributed by atoms with E-state index in [1.54, 1.807) is 0 Å². The second kappa shape index (κ2) is 4.47. The Hall–Kier alpha value is -0.0200. The zero-order valence-corrected chi connectivity index (χ0v) is 9.20. The molecule has 0 N–H and O–H groups in total. The van der Waals surface area contributed by atoms with Crippen LogP contribution in [0.15, 0.2) is 12.2 Å². The summed E-state index contributed by atoms with van der Waals surface area (Å²) in [7, 11) is 1.76. The first kappa shape index (κ1) is 11.1. The zero-order chi connectivity index (χ0) is 9.90. The van der Waals surface area contributed by atoms with E-state index in [9.17, 15) is 8.42 Å². The van der Waals surface area contributed by atoms with E-state index < -0.39 is 9.05 Å². The van der Waals surface area contributed by atoms with Crippen molar-refractivity contribution in [3.63, 3.8) is 0 Å². The van der Waals surface area contributed by atoms with Crippen LogP contribution in [-0.2, 0) is 9.05 Å². The molecule has 2 nitrogen and oxygen atoms in total. The number of hydrogen-bond donors (Lipinski definition) is 0. The fraction of sp³-hybridized carbons (Fsp3) is 0.778. The molecule has 1 saturated carbocycles. The number of rotatable bonds is 3. The molecule has 1 rings (SSSR count). The monoisotopic (exact) mass is 222 g/mol. The summed E-state index contributed by atoms with van der Waals surface area (Å²) < 4.78 is 21.6. The Morgan fingerprint density at radius 1 is 1.31 bits per heavy atom. The van der Waals surface area contributed by atoms with Crippen molar-refractivity contribution in [1.82, 2.24) is 0 Å². The van der Waals surface area contributed by atoms with Crippen LogP contribution in [0.5, 0.6) is 0 Å². The van der Waals surface area contributed by atoms with Crippen LogP contribution >= 0.6 is 10.7 Å². The topological polar surface area (TPSA) is 34.1 Å². The van der Waals surface area contributed by atoms with Crippen LogP contribution in [0.3, 0.4) is 0 Å². The molecular formula is C9H15ClO2S. The third-order valence-electron chi connectivity index (χ3n) is 2.54. The van der Waals surface area contributed by atoms with Crippen LogP contribution in [0.2, 0.25) is 0 Å². The molecule has 0 aromatic rings. The largest absolute Gasteiger partial charge is 0.236 e. The molecule has 1 aliphatic rings. The van der Waals surface area contributed by atoms with Crippen LogP contribution in [0.25, 0.3) is 0 Å². The highest BCUT2D eigenvalue weighted by Crippen LogP contribution is 2.29. The quantitative estimate of drug-likeness (QED) is 0.544. The molecule has 0 aromatic carbocycles. The molecule has 1 fully saturated rings. The van der Waals surface area contributed by atoms with Crippen molar-refractivity contribution in [1.29, 1.82) is 0 Å². The van der Waals surface area contributed by atoms with Gasteiger partial charge in [-0.3, -0.25) is 0 Å². The maximum absolute atomic E-state index is 10.8. The van der Waals surface area contributed by atoms with Gasteiger partial charge in [-0.15, -0.1) is 0 Å². The minimum atomic E-state index is -3.40. The molecule has 0 saturated heterocycles. The average Bonchev–Trinajstić information content (AvgIpc) is 2.03. The highest BCUT2D eigenvalue weighted by atomic mass is 35.7. The Labute approximate surface area is 84.4 Å². The lowest BCUT2D eigenvalue weighted by atomic mass is 9.85. The van der Waals surface area contributed by atoms with E-state index in [2.05, 4.69) is 6.58 Å². The third kappa shape index (κ3) is 4.14. The van der Waals surface area contributed by atoms with Gasteiger partial charge in [-0.1, -0.05) is 31.4 Å². The van der Waals surface area contributed by atoms with E-state index in [0.29, 0.717) is 5.92 Å². The van der Waals surface area contributed by atoms with Crippen molar-refractivity contribution in [2.75, 3.05) is 5.75 Å². The first-order chi connectivity index (χ1) is 5.99. The van der Waals surface area contributed by atoms with Gasteiger partial charge >= 0.3 is 0 Å². The van der Waals surface area contributed by atoms with E-state index in [-0.39, 0.29) is 5.75 Å². The summed E-state index contributed by atoms with van der Waals surface area (Å²) in [5, 5.41) is 0. The summed E-state index contributed by atoms with van der Waals surface area (Å²) in [6.45, 7) is 3.80. The highest BCUT2D eigenvalue weighted by Gasteiger charge is 2.19. The van der Waals surface area contributed by atoms with Crippen molar-refractivity contribution in [3.05, 3.63) is 12.2 Å². The van der Waals surface area contributed by atoms with Crippen LogP contribution in [0.1, 0.15) is 32.1 Å². The van der Waals surface area contributed by atoms with Gasteiger partial charge < -0.3 is 0 Å². The van der Waals surface area contributed by atoms with E-state index in [1.807, 2.05) is 0 Å². The third-order valence-corrected chi connectivity index (χ3v) is 3.58. The Morgan fingerprint density at radius 3 is 2.31 bits per heavy atom. The molecule has 1 aliphatic carbocycles. The van der Waals surface area contributed by atoms with E-state index in [0.717, 1.165) is 18.4 Å². The number of hydrogen-bond acceptors (Lipinski definition) is 2. The van der Waals surface area contributed by atoms with Gasteiger partial charge in [0.15, 0.2) is 0 Å². The minimum absolute atomic E-state index is 0.0563. The first-order valence-corrected chi connectivity index (χ1v) is 7.07. The van der Waals surface area contributed by atoms with E-state index in [4.69, 9.17) is 10.7 Å². The van der Waals surface area contributed by atoms with E-state index in [1.165, 1.54) is 19.3 Å². The molecule has 0 bridgehead atoms. The molecule has 0 heterocycles. The summed E-state index contributed by atoms with van der Waals surface area (Å²) in [4.78, 5) is 0. The predicted molar refractivity (Wildman–Crippen MR) is 55.4 cm³/mol. The summed E-state index contributed by atoms with van der Waals surface area (Å²) in [6.07, 6.45) is 5.78. The fourth-order valence-electron chi connectivity index (χ4n) is 1.85. The van der Waals surface area contributed by atoms with Crippen molar-refractivity contribution >= 4 is 19.7 Å². The maximum Gasteiger partial charge on any atom is 0.236 e. The van der Waals surface area contributed by atoms with Gasteiger partial charge in [0.25, 0.3) is 0 Å². The summed E-state index contributed by atoms with van der Waals surface area (Å²) >= 11 is 0. The number of halogens is 1. The van der Waals surface area contributed by atoms with Gasteiger partial charge in [0.1, 0.15) is 0 Å². The summed E-state index contributed by atoms with van der Waals surface area (Å²) in [6, 6.07) is 0. The molecule has 13 heavy (non-hydrogen) atoms. The normalized spacial score (nSPS) is 20.1. The Kier molecular flexibility index (Phi) is 3.80. The van der Waals surface area contributed by atoms with Crippen molar-refractivity contribution < 1.29 is 8.42 Å². The lowest BCUT2D eigenvalue weighted by Crippen LogP contribution is -2.13. The van der Waals surface area contributed by atoms with Crippen LogP contribution in [0, 0.1) is 5.92 Å². The lowest BCUT2D eigenvalue weighted by Gasteiger charge is -2.22. The van der Waals surface area contributed by atoms with Gasteiger partial charge in [0.05, 0.1) is 5.75 Å². The molecule has 4 heteroatoms. The SMILES string of the molecule is C=C(CS(=O)(=O)Cl)C1CCCCC1. The molecule has 0 atom stereocenters. The van der Waals surface area contributed by atoms with Crippen LogP contribution in [-0.4, -0.2) is 14.2 Å². The summed E-state index contributed by atoms with van der Waals surface area (Å²) in [5.74, 6) is 0.321. The standard InChI is InChI=1S/C9H15ClO2S/c1-8(7-13(10,11)12)9-5-3-2-4-6-9/h9H,1-7H2. The maximum atomic E-state index is 10.8. The van der Waals surface area contributed by atoms with Crippen molar-refractivity contribution in [2.45, 2.75) is 32.1 Å². The summed E-state index contributed by atoms with van der Waals surface area (Å²) in [5.41, 5.74) is 0.787. The Balaban J connectivity index is 2.47. The highest BCUT2D eigenvalue weighted by molar-refractivity contribution is 8.13. The van der Waals surface area contributed by atoms with Gasteiger partial charge in [0, 0.05) is 10.7 Å². The lowest BCUT2D eigenvalue weighted by molar-refractivity contribution is 0.404. The molecular weight excluding hydrogens is 208 g/mol. The zero-order valence-electron chi connectivity index (χ0n) is 7.63. The van der Waals surface area contributed by atoms with Gasteiger partial charge in [-0.2, -0.15) is 0 Å². The molecule has 0 radical (unpaired) electrons. The Morgan fingerprint density at radius 2 is 1.85 bits per heavy atom. The minimum Gasteiger partial charge on any atom is -0.212 e. The van der Waals surface area contributed by atoms with Crippen molar-refractivity contribution in [2.24, 2.45) is 5.92 Å². The molecule has 0 unspecified atom stereocenters. The molecule has 0 aliphatic heterocycles. The fourth-order valence-corrected chi connectivity index (χ4v) is 2.95. The second-order valence-corrected chi connectivity index (χ2v) is 6.45. The predicted octanol–water partition coefficient (Wildman–Crippen LogP) is 2.69. The second-order valence-electron chi connectivity index (χ2n) is 3.68. The smallest absolute Gasteiger partial charge is 0.212 e. The molecule has 0 spiro atoms. The van der Waals surface area contributed by atoms with Crippen LogP contribution < -0.4 is 0 Å². The van der Waals surface area contributed by atoms with Gasteiger partial charge in [-0.05, 0) is 18.8 Å². The average molecular weight is 223 g/mol. The van der Waals surface area contributed by atoms with Gasteiger partial charge in [-0.25, -0.2) is 8.42 Å². The molecule has 0 amide bonds. The molecule has 76 valence electrons.